The largest absolute Gasteiger partial charge is 0.363 e. The van der Waals surface area contributed by atoms with Gasteiger partial charge in [0.25, 0.3) is 0 Å². The number of carbonyl (C=O) groups is 1. The van der Waals surface area contributed by atoms with E-state index < -0.39 is 5.41 Å². The number of hydrogen-bond acceptors (Lipinski definition) is 2. The van der Waals surface area contributed by atoms with Crippen molar-refractivity contribution in [3.8, 4) is 0 Å². The number of likely N-dealkylation sites (tertiary alicyclic amines) is 1. The van der Waals surface area contributed by atoms with Crippen LogP contribution in [-0.2, 0) is 4.79 Å². The Morgan fingerprint density at radius 1 is 1.65 bits per heavy atom. The Morgan fingerprint density at radius 3 is 3.00 bits per heavy atom. The molecule has 1 aliphatic rings. The van der Waals surface area contributed by atoms with Crippen LogP contribution in [0, 0.1) is 5.41 Å². The molecule has 94 valence electrons. The molecule has 0 radical (unpaired) electrons. The Labute approximate surface area is 102 Å². The minimum absolute atomic E-state index is 0.164. The fourth-order valence-electron chi connectivity index (χ4n) is 2.36. The minimum atomic E-state index is -0.463. The standard InChI is InChI=1S/C13H21N3O/c1-13(2,9-14)12(17)16-8-4-6-11(16)10-5-3-7-15-10/h3,5,7,11,15H,4,6,8-9,14H2,1-2H3. The third-order valence-electron chi connectivity index (χ3n) is 3.58. The molecule has 3 N–H and O–H groups in total. The maximum Gasteiger partial charge on any atom is 0.230 e. The van der Waals surface area contributed by atoms with Crippen LogP contribution < -0.4 is 5.73 Å². The highest BCUT2D eigenvalue weighted by atomic mass is 16.2. The van der Waals surface area contributed by atoms with E-state index in [4.69, 9.17) is 5.73 Å². The molecule has 1 unspecified atom stereocenters. The minimum Gasteiger partial charge on any atom is -0.363 e. The second-order valence-corrected chi connectivity index (χ2v) is 5.37. The van der Waals surface area contributed by atoms with Crippen molar-refractivity contribution in [3.05, 3.63) is 24.0 Å². The van der Waals surface area contributed by atoms with Crippen molar-refractivity contribution in [1.82, 2.24) is 9.88 Å². The molecule has 1 amide bonds. The van der Waals surface area contributed by atoms with Crippen LogP contribution in [0.2, 0.25) is 0 Å². The fraction of sp³-hybridized carbons (Fsp3) is 0.615. The number of rotatable bonds is 3. The molecule has 1 aromatic rings. The summed E-state index contributed by atoms with van der Waals surface area (Å²) in [5, 5.41) is 0. The lowest BCUT2D eigenvalue weighted by Crippen LogP contribution is -2.44. The summed E-state index contributed by atoms with van der Waals surface area (Å²) in [6.07, 6.45) is 4.01. The predicted molar refractivity (Wildman–Crippen MR) is 67.3 cm³/mol. The smallest absolute Gasteiger partial charge is 0.230 e. The van der Waals surface area contributed by atoms with Crippen molar-refractivity contribution < 1.29 is 4.79 Å². The van der Waals surface area contributed by atoms with Crippen LogP contribution in [-0.4, -0.2) is 28.9 Å². The second-order valence-electron chi connectivity index (χ2n) is 5.37. The lowest BCUT2D eigenvalue weighted by molar-refractivity contribution is -0.140. The summed E-state index contributed by atoms with van der Waals surface area (Å²) < 4.78 is 0. The monoisotopic (exact) mass is 235 g/mol. The Balaban J connectivity index is 2.18. The number of nitrogens with zero attached hydrogens (tertiary/aromatic N) is 1. The summed E-state index contributed by atoms with van der Waals surface area (Å²) in [7, 11) is 0. The molecular weight excluding hydrogens is 214 g/mol. The van der Waals surface area contributed by atoms with E-state index in [1.54, 1.807) is 0 Å². The zero-order valence-corrected chi connectivity index (χ0v) is 10.6. The van der Waals surface area contributed by atoms with E-state index in [0.717, 1.165) is 25.1 Å². The summed E-state index contributed by atoms with van der Waals surface area (Å²) in [6, 6.07) is 4.22. The lowest BCUT2D eigenvalue weighted by atomic mass is 9.91. The van der Waals surface area contributed by atoms with Crippen molar-refractivity contribution in [2.24, 2.45) is 11.1 Å². The van der Waals surface area contributed by atoms with Crippen LogP contribution >= 0.6 is 0 Å². The molecule has 0 spiro atoms. The van der Waals surface area contributed by atoms with Crippen LogP contribution in [0.1, 0.15) is 38.4 Å². The quantitative estimate of drug-likeness (QED) is 0.837. The van der Waals surface area contributed by atoms with Crippen LogP contribution in [0.4, 0.5) is 0 Å². The first kappa shape index (κ1) is 12.2. The average molecular weight is 235 g/mol. The molecule has 1 fully saturated rings. The van der Waals surface area contributed by atoms with Gasteiger partial charge in [0.05, 0.1) is 11.5 Å². The number of H-pyrrole nitrogens is 1. The normalized spacial score (nSPS) is 20.9. The van der Waals surface area contributed by atoms with Gasteiger partial charge >= 0.3 is 0 Å². The average Bonchev–Trinajstić information content (AvgIpc) is 2.97. The van der Waals surface area contributed by atoms with E-state index in [0.29, 0.717) is 6.54 Å². The second kappa shape index (κ2) is 4.53. The first-order valence-electron chi connectivity index (χ1n) is 6.20. The number of nitrogens with one attached hydrogen (secondary N) is 1. The van der Waals surface area contributed by atoms with Crippen molar-refractivity contribution in [2.45, 2.75) is 32.7 Å². The van der Waals surface area contributed by atoms with E-state index in [1.807, 2.05) is 37.1 Å². The summed E-state index contributed by atoms with van der Waals surface area (Å²) in [5.41, 5.74) is 6.35. The number of carbonyl (C=O) groups excluding carboxylic acids is 1. The zero-order valence-electron chi connectivity index (χ0n) is 10.6. The molecule has 4 heteroatoms. The molecule has 0 saturated carbocycles. The highest BCUT2D eigenvalue weighted by Gasteiger charge is 2.37. The summed E-state index contributed by atoms with van der Waals surface area (Å²) in [4.78, 5) is 17.6. The van der Waals surface area contributed by atoms with Gasteiger partial charge in [0.1, 0.15) is 0 Å². The van der Waals surface area contributed by atoms with Gasteiger partial charge in [-0.25, -0.2) is 0 Å². The molecule has 2 rings (SSSR count). The van der Waals surface area contributed by atoms with Crippen molar-refractivity contribution in [3.63, 3.8) is 0 Å². The van der Waals surface area contributed by atoms with E-state index in [-0.39, 0.29) is 11.9 Å². The van der Waals surface area contributed by atoms with E-state index in [2.05, 4.69) is 4.98 Å². The molecule has 17 heavy (non-hydrogen) atoms. The number of nitrogens with two attached hydrogens (primary N) is 1. The first-order chi connectivity index (χ1) is 8.06. The maximum absolute atomic E-state index is 12.4. The summed E-state index contributed by atoms with van der Waals surface area (Å²) in [5.74, 6) is 0.164. The Kier molecular flexibility index (Phi) is 3.24. The highest BCUT2D eigenvalue weighted by Crippen LogP contribution is 2.34. The van der Waals surface area contributed by atoms with Crippen molar-refractivity contribution in [1.29, 1.82) is 0 Å². The summed E-state index contributed by atoms with van der Waals surface area (Å²) in [6.45, 7) is 5.06. The van der Waals surface area contributed by atoms with Gasteiger partial charge in [0.2, 0.25) is 5.91 Å². The molecule has 0 aliphatic carbocycles. The number of aromatic nitrogens is 1. The van der Waals surface area contributed by atoms with E-state index in [9.17, 15) is 4.79 Å². The maximum atomic E-state index is 12.4. The SMILES string of the molecule is CC(C)(CN)C(=O)N1CCCC1c1ccc[nH]1. The molecule has 4 nitrogen and oxygen atoms in total. The van der Waals surface area contributed by atoms with Gasteiger partial charge in [-0.05, 0) is 38.8 Å². The fourth-order valence-corrected chi connectivity index (χ4v) is 2.36. The Hall–Kier alpha value is -1.29. The molecule has 0 bridgehead atoms. The molecule has 1 saturated heterocycles. The van der Waals surface area contributed by atoms with Crippen LogP contribution in [0.25, 0.3) is 0 Å². The molecule has 1 aromatic heterocycles. The van der Waals surface area contributed by atoms with Gasteiger partial charge in [-0.15, -0.1) is 0 Å². The van der Waals surface area contributed by atoms with Gasteiger partial charge in [-0.3, -0.25) is 4.79 Å². The van der Waals surface area contributed by atoms with Gasteiger partial charge in [-0.1, -0.05) is 0 Å². The molecule has 1 aliphatic heterocycles. The highest BCUT2D eigenvalue weighted by molar-refractivity contribution is 5.82. The van der Waals surface area contributed by atoms with Crippen molar-refractivity contribution in [2.75, 3.05) is 13.1 Å². The molecule has 0 aromatic carbocycles. The van der Waals surface area contributed by atoms with Crippen LogP contribution in [0.5, 0.6) is 0 Å². The Morgan fingerprint density at radius 2 is 2.41 bits per heavy atom. The van der Waals surface area contributed by atoms with Gasteiger partial charge in [0.15, 0.2) is 0 Å². The topological polar surface area (TPSA) is 62.1 Å². The predicted octanol–water partition coefficient (Wildman–Crippen LogP) is 1.66. The van der Waals surface area contributed by atoms with Crippen LogP contribution in [0.15, 0.2) is 18.3 Å². The van der Waals surface area contributed by atoms with Crippen molar-refractivity contribution >= 4 is 5.91 Å². The van der Waals surface area contributed by atoms with Gasteiger partial charge in [0, 0.05) is 25.0 Å². The van der Waals surface area contributed by atoms with Gasteiger partial charge in [-0.2, -0.15) is 0 Å². The molecule has 2 heterocycles. The Bertz CT molecular complexity index is 383. The lowest BCUT2D eigenvalue weighted by Gasteiger charge is -2.32. The molecular formula is C13H21N3O. The van der Waals surface area contributed by atoms with E-state index >= 15 is 0 Å². The van der Waals surface area contributed by atoms with E-state index in [1.165, 1.54) is 0 Å². The number of amides is 1. The number of hydrogen-bond donors (Lipinski definition) is 2. The van der Waals surface area contributed by atoms with Crippen LogP contribution in [0.3, 0.4) is 0 Å². The van der Waals surface area contributed by atoms with Gasteiger partial charge < -0.3 is 15.6 Å². The first-order valence-corrected chi connectivity index (χ1v) is 6.20. The third kappa shape index (κ3) is 2.22. The summed E-state index contributed by atoms with van der Waals surface area (Å²) >= 11 is 0. The third-order valence-corrected chi connectivity index (χ3v) is 3.58. The zero-order chi connectivity index (χ0) is 12.5. The molecule has 1 atom stereocenters. The number of aromatic amines is 1.